The predicted molar refractivity (Wildman–Crippen MR) is 177 cm³/mol. The van der Waals surface area contributed by atoms with Crippen LogP contribution in [0, 0.1) is 35.4 Å². The molecule has 252 valence electrons. The Bertz CT molecular complexity index is 2090. The Morgan fingerprint density at radius 2 is 1.73 bits per heavy atom. The van der Waals surface area contributed by atoms with Crippen LogP contribution in [0.4, 0.5) is 28.9 Å². The number of carbonyl (C=O) groups excluding carboxylic acids is 3. The van der Waals surface area contributed by atoms with Crippen LogP contribution in [0.15, 0.2) is 81.0 Å². The number of ether oxygens (including phenoxy) is 1. The van der Waals surface area contributed by atoms with Crippen molar-refractivity contribution in [1.29, 1.82) is 0 Å². The molecule has 1 saturated heterocycles. The minimum absolute atomic E-state index is 0.101. The fourth-order valence-electron chi connectivity index (χ4n) is 8.21. The van der Waals surface area contributed by atoms with Crippen LogP contribution in [0.5, 0.6) is 5.75 Å². The third kappa shape index (κ3) is 5.40. The lowest BCUT2D eigenvalue weighted by molar-refractivity contribution is -0.137. The van der Waals surface area contributed by atoms with Crippen molar-refractivity contribution < 1.29 is 36.7 Å². The molecule has 15 heteroatoms. The highest BCUT2D eigenvalue weighted by Gasteiger charge is 2.70. The molecule has 4 aliphatic rings. The van der Waals surface area contributed by atoms with Crippen molar-refractivity contribution in [3.63, 3.8) is 0 Å². The number of halogens is 5. The van der Waals surface area contributed by atoms with E-state index < -0.39 is 53.0 Å². The minimum atomic E-state index is -4.64. The zero-order valence-electron chi connectivity index (χ0n) is 25.0. The molecule has 3 aromatic carbocycles. The number of amides is 3. The zero-order chi connectivity index (χ0) is 34.4. The lowest BCUT2D eigenvalue weighted by Crippen LogP contribution is -2.42. The lowest BCUT2D eigenvalue weighted by atomic mass is 9.68. The van der Waals surface area contributed by atoms with E-state index in [0.29, 0.717) is 32.9 Å². The van der Waals surface area contributed by atoms with Crippen LogP contribution in [-0.4, -0.2) is 34.6 Å². The van der Waals surface area contributed by atoms with E-state index >= 15 is 0 Å². The normalized spacial score (nSPS) is 26.8. The Hall–Kier alpha value is -3.95. The Morgan fingerprint density at radius 1 is 1.00 bits per heavy atom. The Labute approximate surface area is 292 Å². The van der Waals surface area contributed by atoms with Crippen molar-refractivity contribution >= 4 is 68.1 Å². The quantitative estimate of drug-likeness (QED) is 0.161. The van der Waals surface area contributed by atoms with Crippen LogP contribution in [0.25, 0.3) is 0 Å². The molecule has 3 amide bonds. The molecule has 0 spiro atoms. The number of aromatic nitrogens is 1. The second-order valence-electron chi connectivity index (χ2n) is 12.5. The number of aromatic amines is 1. The minimum Gasteiger partial charge on any atom is -0.483 e. The van der Waals surface area contributed by atoms with E-state index in [-0.39, 0.29) is 40.2 Å². The third-order valence-electron chi connectivity index (χ3n) is 9.95. The van der Waals surface area contributed by atoms with E-state index in [1.807, 2.05) is 6.07 Å². The van der Waals surface area contributed by atoms with Crippen LogP contribution >= 0.6 is 39.0 Å². The number of rotatable bonds is 6. The molecule has 2 bridgehead atoms. The average Bonchev–Trinajstić information content (AvgIpc) is 3.80. The molecule has 0 radical (unpaired) electrons. The number of carbonyl (C=O) groups is 3. The van der Waals surface area contributed by atoms with E-state index in [1.165, 1.54) is 48.2 Å². The van der Waals surface area contributed by atoms with E-state index in [4.69, 9.17) is 4.74 Å². The van der Waals surface area contributed by atoms with E-state index in [0.717, 1.165) is 33.2 Å². The van der Waals surface area contributed by atoms with Crippen molar-refractivity contribution in [3.05, 3.63) is 103 Å². The topological polar surface area (TPSA) is 109 Å². The van der Waals surface area contributed by atoms with Gasteiger partial charge in [-0.25, -0.2) is 4.39 Å². The van der Waals surface area contributed by atoms with Crippen LogP contribution < -0.4 is 19.8 Å². The van der Waals surface area contributed by atoms with Crippen LogP contribution in [-0.2, 0) is 20.6 Å². The maximum atomic E-state index is 14.0. The molecule has 2 aliphatic carbocycles. The fraction of sp³-hybridized carbons (Fsp3) is 0.294. The van der Waals surface area contributed by atoms with Gasteiger partial charge in [-0.2, -0.15) is 13.2 Å². The second-order valence-corrected chi connectivity index (χ2v) is 15.7. The molecule has 6 unspecified atom stereocenters. The van der Waals surface area contributed by atoms with Crippen molar-refractivity contribution in [2.45, 2.75) is 28.8 Å². The highest BCUT2D eigenvalue weighted by Crippen LogP contribution is 2.69. The van der Waals surface area contributed by atoms with Gasteiger partial charge in [0, 0.05) is 31.8 Å². The van der Waals surface area contributed by atoms with Gasteiger partial charge < -0.3 is 15.0 Å². The Balaban J connectivity index is 1.13. The molecule has 8 nitrogen and oxygen atoms in total. The molecule has 2 N–H and O–H groups in total. The molecule has 1 aromatic heterocycles. The third-order valence-corrected chi connectivity index (χ3v) is 13.0. The Kier molecular flexibility index (Phi) is 7.79. The van der Waals surface area contributed by atoms with Gasteiger partial charge in [-0.3, -0.25) is 24.1 Å². The van der Waals surface area contributed by atoms with E-state index in [2.05, 4.69) is 26.2 Å². The number of hydrogen-bond acceptors (Lipinski definition) is 7. The first-order valence-electron chi connectivity index (χ1n) is 15.3. The van der Waals surface area contributed by atoms with Crippen molar-refractivity contribution in [2.24, 2.45) is 29.6 Å². The first kappa shape index (κ1) is 32.3. The number of alkyl halides is 3. The van der Waals surface area contributed by atoms with Gasteiger partial charge in [0.05, 0.1) is 28.1 Å². The fourth-order valence-corrected chi connectivity index (χ4v) is 11.5. The van der Waals surface area contributed by atoms with Gasteiger partial charge in [-0.15, -0.1) is 11.8 Å². The smallest absolute Gasteiger partial charge is 0.416 e. The molecule has 4 aromatic rings. The number of fused-ring (bicyclic) bond motifs is 9. The highest BCUT2D eigenvalue weighted by atomic mass is 79.9. The van der Waals surface area contributed by atoms with Gasteiger partial charge in [-0.1, -0.05) is 33.3 Å². The summed E-state index contributed by atoms with van der Waals surface area (Å²) in [7, 11) is 0. The predicted octanol–water partition coefficient (Wildman–Crippen LogP) is 7.05. The Morgan fingerprint density at radius 3 is 2.47 bits per heavy atom. The molecule has 2 aliphatic heterocycles. The largest absolute Gasteiger partial charge is 0.483 e. The summed E-state index contributed by atoms with van der Waals surface area (Å²) in [4.78, 5) is 57.8. The molecule has 8 rings (SSSR count). The average molecular weight is 775 g/mol. The van der Waals surface area contributed by atoms with E-state index in [1.54, 1.807) is 12.1 Å². The summed E-state index contributed by atoms with van der Waals surface area (Å²) in [5.41, 5.74) is 0.0328. The van der Waals surface area contributed by atoms with Gasteiger partial charge in [0.15, 0.2) is 6.61 Å². The molecule has 3 heterocycles. The van der Waals surface area contributed by atoms with Gasteiger partial charge in [0.1, 0.15) is 11.6 Å². The van der Waals surface area contributed by atoms with Crippen LogP contribution in [0.2, 0.25) is 0 Å². The van der Waals surface area contributed by atoms with E-state index in [9.17, 15) is 36.7 Å². The van der Waals surface area contributed by atoms with Crippen molar-refractivity contribution in [3.8, 4) is 5.75 Å². The molecular formula is C34H24BrF4N3O5S2. The summed E-state index contributed by atoms with van der Waals surface area (Å²) in [6, 6.07) is 14.9. The molecular weight excluding hydrogens is 750 g/mol. The van der Waals surface area contributed by atoms with Crippen LogP contribution in [0.3, 0.4) is 0 Å². The first-order valence-corrected chi connectivity index (χ1v) is 17.8. The van der Waals surface area contributed by atoms with Crippen LogP contribution in [0.1, 0.15) is 28.3 Å². The number of thiazole rings is 1. The number of imide groups is 1. The number of H-pyrrole nitrogens is 1. The summed E-state index contributed by atoms with van der Waals surface area (Å²) in [5, 5.41) is 3.15. The number of hydrogen-bond donors (Lipinski definition) is 2. The summed E-state index contributed by atoms with van der Waals surface area (Å²) in [5.74, 6) is -4.19. The zero-order valence-corrected chi connectivity index (χ0v) is 28.2. The van der Waals surface area contributed by atoms with Gasteiger partial charge in [-0.05, 0) is 84.8 Å². The summed E-state index contributed by atoms with van der Waals surface area (Å²) in [6.45, 7) is -0.368. The number of nitrogens with zero attached hydrogens (tertiary/aromatic N) is 1. The number of benzene rings is 3. The highest BCUT2D eigenvalue weighted by molar-refractivity contribution is 9.10. The monoisotopic (exact) mass is 773 g/mol. The van der Waals surface area contributed by atoms with Gasteiger partial charge >= 0.3 is 11.0 Å². The van der Waals surface area contributed by atoms with Gasteiger partial charge in [0.25, 0.3) is 5.91 Å². The second kappa shape index (κ2) is 11.8. The van der Waals surface area contributed by atoms with Crippen molar-refractivity contribution in [2.75, 3.05) is 16.8 Å². The number of thioether (sulfide) groups is 1. The molecule has 7 atom stereocenters. The summed E-state index contributed by atoms with van der Waals surface area (Å²) in [6.07, 6.45) is -4.07. The number of nitrogens with one attached hydrogen (secondary N) is 2. The number of anilines is 2. The maximum Gasteiger partial charge on any atom is 0.416 e. The standard InChI is InChI=1S/C34H24BrF4N3O5S2/c35-15-4-9-22(47-13-23(43)40-17-7-5-16(36)6-8-17)19(11-15)24-25-20-12-21(28(25)48-30-29(24)49-33(46)41-30)27-26(20)31(44)42(32(27)45)18-3-1-2-14(10-18)34(37,38)39/h1-11,20-21,24-28H,12-13H2,(H,40,43)(H,41,46)/t20?,21?,24-,25?,26?,27?,28?/m1/s1. The summed E-state index contributed by atoms with van der Waals surface area (Å²) < 4.78 is 60.8. The molecule has 3 fully saturated rings. The first-order chi connectivity index (χ1) is 23.4. The molecule has 2 saturated carbocycles. The van der Waals surface area contributed by atoms with Crippen molar-refractivity contribution in [1.82, 2.24) is 4.98 Å². The summed E-state index contributed by atoms with van der Waals surface area (Å²) >= 11 is 6.08. The lowest BCUT2D eigenvalue weighted by Gasteiger charge is -2.43. The maximum absolute atomic E-state index is 14.0. The molecule has 49 heavy (non-hydrogen) atoms. The SMILES string of the molecule is O=C(COc1ccc(Br)cc1[C@H]1c2sc(=O)[nH]c2SC2C3CC(C4C(=O)N(c5cccc(C(F)(F)F)c5)C(=O)C34)C21)Nc1ccc(F)cc1. The van der Waals surface area contributed by atoms with Gasteiger partial charge in [0.2, 0.25) is 11.8 Å².